The van der Waals surface area contributed by atoms with E-state index in [-0.39, 0.29) is 0 Å². The Morgan fingerprint density at radius 3 is 2.42 bits per heavy atom. The van der Waals surface area contributed by atoms with Crippen molar-refractivity contribution < 1.29 is 14.6 Å². The lowest BCUT2D eigenvalue weighted by Gasteiger charge is -2.37. The van der Waals surface area contributed by atoms with Crippen molar-refractivity contribution in [3.05, 3.63) is 108 Å². The van der Waals surface area contributed by atoms with Crippen molar-refractivity contribution in [2.45, 2.75) is 12.6 Å². The minimum absolute atomic E-state index is 0.467. The van der Waals surface area contributed by atoms with Crippen LogP contribution in [-0.4, -0.2) is 58.6 Å². The van der Waals surface area contributed by atoms with Gasteiger partial charge in [0.25, 0.3) is 0 Å². The van der Waals surface area contributed by atoms with Crippen molar-refractivity contribution in [2.75, 3.05) is 32.7 Å². The quantitative estimate of drug-likeness (QED) is 0.344. The van der Waals surface area contributed by atoms with E-state index < -0.39 is 12.0 Å². The van der Waals surface area contributed by atoms with Gasteiger partial charge in [-0.15, -0.1) is 0 Å². The largest absolute Gasteiger partial charge is 0.489 e. The molecule has 2 N–H and O–H groups in total. The van der Waals surface area contributed by atoms with Gasteiger partial charge in [-0.25, -0.2) is 0 Å². The van der Waals surface area contributed by atoms with Crippen LogP contribution < -0.4 is 4.74 Å². The van der Waals surface area contributed by atoms with E-state index in [0.717, 1.165) is 47.4 Å². The number of benzene rings is 3. The van der Waals surface area contributed by atoms with Gasteiger partial charge in [0, 0.05) is 55.4 Å². The Morgan fingerprint density at radius 1 is 0.972 bits per heavy atom. The second kappa shape index (κ2) is 11.2. The number of carboxylic acids is 1. The first kappa shape index (κ1) is 23.9. The third kappa shape index (κ3) is 5.67. The zero-order valence-electron chi connectivity index (χ0n) is 20.2. The van der Waals surface area contributed by atoms with Gasteiger partial charge >= 0.3 is 5.97 Å². The fourth-order valence-electron chi connectivity index (χ4n) is 4.77. The maximum absolute atomic E-state index is 12.4. The molecule has 0 radical (unpaired) electrons. The summed E-state index contributed by atoms with van der Waals surface area (Å²) in [5, 5.41) is 11.1. The molecule has 4 aromatic rings. The Kier molecular flexibility index (Phi) is 7.45. The molecule has 6 nitrogen and oxygen atoms in total. The third-order valence-electron chi connectivity index (χ3n) is 6.71. The van der Waals surface area contributed by atoms with Gasteiger partial charge in [-0.05, 0) is 29.3 Å². The topological polar surface area (TPSA) is 68.8 Å². The highest BCUT2D eigenvalue weighted by molar-refractivity contribution is 5.90. The lowest BCUT2D eigenvalue weighted by Crippen LogP contribution is -2.49. The predicted octanol–water partition coefficient (Wildman–Crippen LogP) is 5.20. The van der Waals surface area contributed by atoms with E-state index in [1.54, 1.807) is 0 Å². The monoisotopic (exact) mass is 481 g/mol. The number of H-pyrrole nitrogens is 1. The van der Waals surface area contributed by atoms with Crippen molar-refractivity contribution in [3.8, 4) is 5.75 Å². The molecule has 0 saturated carbocycles. The number of hydrogen-bond acceptors (Lipinski definition) is 4. The van der Waals surface area contributed by atoms with Crippen LogP contribution in [0.3, 0.4) is 0 Å². The Labute approximate surface area is 211 Å². The van der Waals surface area contributed by atoms with Crippen LogP contribution in [0.1, 0.15) is 22.7 Å². The number of aromatic amines is 1. The highest BCUT2D eigenvalue weighted by Gasteiger charge is 2.32. The van der Waals surface area contributed by atoms with Crippen molar-refractivity contribution in [1.29, 1.82) is 0 Å². The number of fused-ring (bicyclic) bond motifs is 1. The van der Waals surface area contributed by atoms with Crippen molar-refractivity contribution in [2.24, 2.45) is 0 Å². The van der Waals surface area contributed by atoms with Gasteiger partial charge in [-0.2, -0.15) is 0 Å². The first-order valence-electron chi connectivity index (χ1n) is 12.4. The Morgan fingerprint density at radius 2 is 1.69 bits per heavy atom. The molecule has 1 saturated heterocycles. The van der Waals surface area contributed by atoms with Crippen LogP contribution in [0.2, 0.25) is 0 Å². The van der Waals surface area contributed by atoms with E-state index in [1.165, 1.54) is 5.56 Å². The standard InChI is InChI=1S/C30H31N3O3/c34-30(35)29(33-18-16-32(17-19-33)15-7-12-23-8-3-1-4-9-23)27-21-31-28-14-13-25(20-26(27)28)36-22-24-10-5-2-6-11-24/h1-14,20-21,29,31H,15-19,22H2,(H,34,35). The number of nitrogens with one attached hydrogen (secondary N) is 1. The molecule has 2 heterocycles. The van der Waals surface area contributed by atoms with E-state index in [0.29, 0.717) is 19.7 Å². The van der Waals surface area contributed by atoms with Gasteiger partial charge in [-0.3, -0.25) is 14.6 Å². The minimum atomic E-state index is -0.830. The molecular weight excluding hydrogens is 450 g/mol. The number of nitrogens with zero attached hydrogens (tertiary/aromatic N) is 2. The van der Waals surface area contributed by atoms with Crippen molar-refractivity contribution in [1.82, 2.24) is 14.8 Å². The summed E-state index contributed by atoms with van der Waals surface area (Å²) in [5.74, 6) is -0.102. The van der Waals surface area contributed by atoms with Crippen LogP contribution in [0.5, 0.6) is 5.75 Å². The zero-order valence-corrected chi connectivity index (χ0v) is 20.2. The van der Waals surface area contributed by atoms with E-state index in [1.807, 2.05) is 72.9 Å². The van der Waals surface area contributed by atoms with Crippen LogP contribution in [0.4, 0.5) is 0 Å². The fraction of sp³-hybridized carbons (Fsp3) is 0.233. The van der Waals surface area contributed by atoms with E-state index in [2.05, 4.69) is 39.1 Å². The molecule has 1 fully saturated rings. The number of carbonyl (C=O) groups is 1. The molecule has 1 aliphatic rings. The molecule has 3 aromatic carbocycles. The van der Waals surface area contributed by atoms with Gasteiger partial charge in [0.2, 0.25) is 0 Å². The predicted molar refractivity (Wildman–Crippen MR) is 143 cm³/mol. The first-order valence-corrected chi connectivity index (χ1v) is 12.4. The summed E-state index contributed by atoms with van der Waals surface area (Å²) in [6.07, 6.45) is 6.14. The van der Waals surface area contributed by atoms with E-state index >= 15 is 0 Å². The van der Waals surface area contributed by atoms with Gasteiger partial charge in [-0.1, -0.05) is 72.8 Å². The minimum Gasteiger partial charge on any atom is -0.489 e. The first-order chi connectivity index (χ1) is 17.7. The van der Waals surface area contributed by atoms with Gasteiger partial charge in [0.05, 0.1) is 0 Å². The number of aromatic nitrogens is 1. The molecule has 1 unspecified atom stereocenters. The number of aliphatic carboxylic acids is 1. The SMILES string of the molecule is O=C(O)C(c1c[nH]c2ccc(OCc3ccccc3)cc12)N1CCN(CC=Cc2ccccc2)CC1. The molecule has 0 aliphatic carbocycles. The molecule has 1 aromatic heterocycles. The molecule has 1 atom stereocenters. The lowest BCUT2D eigenvalue weighted by molar-refractivity contribution is -0.144. The maximum atomic E-state index is 12.4. The Hall–Kier alpha value is -3.87. The average molecular weight is 482 g/mol. The highest BCUT2D eigenvalue weighted by atomic mass is 16.5. The van der Waals surface area contributed by atoms with Crippen LogP contribution in [0.15, 0.2) is 91.1 Å². The summed E-state index contributed by atoms with van der Waals surface area (Å²) in [5.41, 5.74) is 3.97. The van der Waals surface area contributed by atoms with Crippen LogP contribution in [0, 0.1) is 0 Å². The summed E-state index contributed by atoms with van der Waals surface area (Å²) < 4.78 is 6.01. The lowest BCUT2D eigenvalue weighted by atomic mass is 10.0. The Bertz CT molecular complexity index is 1310. The molecule has 5 rings (SSSR count). The third-order valence-corrected chi connectivity index (χ3v) is 6.71. The summed E-state index contributed by atoms with van der Waals surface area (Å²) in [4.78, 5) is 20.1. The van der Waals surface area contributed by atoms with Gasteiger partial charge < -0.3 is 14.8 Å². The molecule has 36 heavy (non-hydrogen) atoms. The molecular formula is C30H31N3O3. The number of ether oxygens (including phenoxy) is 1. The second-order valence-electron chi connectivity index (χ2n) is 9.12. The van der Waals surface area contributed by atoms with Crippen molar-refractivity contribution >= 4 is 22.9 Å². The number of carboxylic acid groups (broad SMARTS) is 1. The fourth-order valence-corrected chi connectivity index (χ4v) is 4.77. The summed E-state index contributed by atoms with van der Waals surface area (Å²) >= 11 is 0. The number of hydrogen-bond donors (Lipinski definition) is 2. The average Bonchev–Trinajstić information content (AvgIpc) is 3.32. The number of rotatable bonds is 9. The van der Waals surface area contributed by atoms with Crippen molar-refractivity contribution in [3.63, 3.8) is 0 Å². The second-order valence-corrected chi connectivity index (χ2v) is 9.12. The van der Waals surface area contributed by atoms with Crippen LogP contribution in [-0.2, 0) is 11.4 Å². The molecule has 6 heteroatoms. The van der Waals surface area contributed by atoms with Crippen LogP contribution >= 0.6 is 0 Å². The molecule has 0 bridgehead atoms. The smallest absolute Gasteiger partial charge is 0.325 e. The Balaban J connectivity index is 1.25. The van der Waals surface area contributed by atoms with E-state index in [9.17, 15) is 9.90 Å². The summed E-state index contributed by atoms with van der Waals surface area (Å²) in [7, 11) is 0. The normalized spacial score (nSPS) is 15.9. The molecule has 184 valence electrons. The molecule has 0 amide bonds. The van der Waals surface area contributed by atoms with Gasteiger partial charge in [0.15, 0.2) is 0 Å². The summed E-state index contributed by atoms with van der Waals surface area (Å²) in [6.45, 7) is 4.39. The van der Waals surface area contributed by atoms with Crippen LogP contribution in [0.25, 0.3) is 17.0 Å². The van der Waals surface area contributed by atoms with Gasteiger partial charge in [0.1, 0.15) is 18.4 Å². The molecule has 0 spiro atoms. The zero-order chi connectivity index (χ0) is 24.7. The highest BCUT2D eigenvalue weighted by Crippen LogP contribution is 2.32. The molecule has 1 aliphatic heterocycles. The summed E-state index contributed by atoms with van der Waals surface area (Å²) in [6, 6.07) is 25.4. The van der Waals surface area contributed by atoms with E-state index in [4.69, 9.17) is 4.74 Å². The maximum Gasteiger partial charge on any atom is 0.325 e. The number of piperazine rings is 1.